The minimum atomic E-state index is 0.534. The molecule has 0 amide bonds. The lowest BCUT2D eigenvalue weighted by Gasteiger charge is -2.11. The molecule has 2 aromatic rings. The molecule has 0 aliphatic carbocycles. The number of rotatable bonds is 3. The molecule has 19 heavy (non-hydrogen) atoms. The third-order valence-electron chi connectivity index (χ3n) is 3.33. The summed E-state index contributed by atoms with van der Waals surface area (Å²) >= 11 is 1.70. The zero-order valence-electron chi connectivity index (χ0n) is 11.9. The zero-order chi connectivity index (χ0) is 14.0. The van der Waals surface area contributed by atoms with Crippen LogP contribution in [0.2, 0.25) is 0 Å². The van der Waals surface area contributed by atoms with Gasteiger partial charge < -0.3 is 5.73 Å². The van der Waals surface area contributed by atoms with Crippen LogP contribution in [0.25, 0.3) is 0 Å². The van der Waals surface area contributed by atoms with E-state index >= 15 is 0 Å². The molecule has 0 saturated carbocycles. The molecule has 0 aliphatic heterocycles. The molecule has 0 radical (unpaired) electrons. The fourth-order valence-electron chi connectivity index (χ4n) is 2.05. The predicted molar refractivity (Wildman–Crippen MR) is 81.6 cm³/mol. The van der Waals surface area contributed by atoms with Crippen LogP contribution >= 0.6 is 11.8 Å². The lowest BCUT2D eigenvalue weighted by atomic mass is 10.1. The molecule has 2 N–H and O–H groups in total. The Bertz CT molecular complexity index is 606. The number of pyridine rings is 1. The van der Waals surface area contributed by atoms with E-state index in [-0.39, 0.29) is 0 Å². The van der Waals surface area contributed by atoms with Gasteiger partial charge in [-0.1, -0.05) is 17.8 Å². The summed E-state index contributed by atoms with van der Waals surface area (Å²) in [7, 11) is 0. The van der Waals surface area contributed by atoms with Gasteiger partial charge >= 0.3 is 0 Å². The SMILES string of the molecule is Cc1cc(C)c(CN)c(Sc2ccc(C)c(C)c2)n1. The first-order valence-corrected chi connectivity index (χ1v) is 7.25. The molecule has 0 saturated heterocycles. The number of hydrogen-bond donors (Lipinski definition) is 1. The van der Waals surface area contributed by atoms with E-state index in [0.717, 1.165) is 16.3 Å². The van der Waals surface area contributed by atoms with Crippen LogP contribution in [0.15, 0.2) is 34.2 Å². The number of benzene rings is 1. The van der Waals surface area contributed by atoms with E-state index in [2.05, 4.69) is 50.0 Å². The second kappa shape index (κ2) is 5.76. The number of hydrogen-bond acceptors (Lipinski definition) is 3. The van der Waals surface area contributed by atoms with Crippen molar-refractivity contribution in [1.82, 2.24) is 4.98 Å². The van der Waals surface area contributed by atoms with Crippen LogP contribution in [0.1, 0.15) is 27.9 Å². The van der Waals surface area contributed by atoms with Crippen molar-refractivity contribution in [3.63, 3.8) is 0 Å². The average molecular weight is 272 g/mol. The fourth-order valence-corrected chi connectivity index (χ4v) is 3.20. The van der Waals surface area contributed by atoms with Crippen molar-refractivity contribution in [1.29, 1.82) is 0 Å². The first-order valence-electron chi connectivity index (χ1n) is 6.43. The van der Waals surface area contributed by atoms with Gasteiger partial charge in [0.2, 0.25) is 0 Å². The van der Waals surface area contributed by atoms with Gasteiger partial charge in [0.05, 0.1) is 0 Å². The molecule has 2 nitrogen and oxygen atoms in total. The van der Waals surface area contributed by atoms with E-state index in [1.807, 2.05) is 6.92 Å². The minimum Gasteiger partial charge on any atom is -0.326 e. The van der Waals surface area contributed by atoms with E-state index in [4.69, 9.17) is 5.73 Å². The molecule has 0 atom stereocenters. The predicted octanol–water partition coefficient (Wildman–Crippen LogP) is 3.93. The Hall–Kier alpha value is -1.32. The van der Waals surface area contributed by atoms with Crippen molar-refractivity contribution >= 4 is 11.8 Å². The van der Waals surface area contributed by atoms with Gasteiger partial charge in [0.15, 0.2) is 0 Å². The lowest BCUT2D eigenvalue weighted by Crippen LogP contribution is -2.04. The Morgan fingerprint density at radius 2 is 1.74 bits per heavy atom. The van der Waals surface area contributed by atoms with Crippen molar-refractivity contribution in [3.8, 4) is 0 Å². The second-order valence-electron chi connectivity index (χ2n) is 4.92. The highest BCUT2D eigenvalue weighted by Gasteiger charge is 2.09. The quantitative estimate of drug-likeness (QED) is 0.920. The Balaban J connectivity index is 2.39. The van der Waals surface area contributed by atoms with Crippen LogP contribution in [0.5, 0.6) is 0 Å². The van der Waals surface area contributed by atoms with Gasteiger partial charge in [0, 0.05) is 22.7 Å². The van der Waals surface area contributed by atoms with E-state index in [0.29, 0.717) is 6.54 Å². The highest BCUT2D eigenvalue weighted by atomic mass is 32.2. The van der Waals surface area contributed by atoms with Gasteiger partial charge in [-0.3, -0.25) is 0 Å². The molecule has 3 heteroatoms. The van der Waals surface area contributed by atoms with Crippen LogP contribution < -0.4 is 5.73 Å². The van der Waals surface area contributed by atoms with E-state index < -0.39 is 0 Å². The van der Waals surface area contributed by atoms with Crippen LogP contribution in [-0.4, -0.2) is 4.98 Å². The summed E-state index contributed by atoms with van der Waals surface area (Å²) < 4.78 is 0. The van der Waals surface area contributed by atoms with Crippen LogP contribution in [0.3, 0.4) is 0 Å². The van der Waals surface area contributed by atoms with Crippen molar-refractivity contribution in [2.24, 2.45) is 5.73 Å². The highest BCUT2D eigenvalue weighted by molar-refractivity contribution is 7.99. The standard InChI is InChI=1S/C16H20N2S/c1-10-5-6-14(8-11(10)2)19-16-15(9-17)12(3)7-13(4)18-16/h5-8H,9,17H2,1-4H3. The van der Waals surface area contributed by atoms with Crippen molar-refractivity contribution in [2.45, 2.75) is 44.2 Å². The summed E-state index contributed by atoms with van der Waals surface area (Å²) in [5.41, 5.74) is 11.9. The summed E-state index contributed by atoms with van der Waals surface area (Å²) in [6.07, 6.45) is 0. The van der Waals surface area contributed by atoms with E-state index in [1.165, 1.54) is 21.6 Å². The fraction of sp³-hybridized carbons (Fsp3) is 0.312. The summed E-state index contributed by atoms with van der Waals surface area (Å²) in [4.78, 5) is 5.85. The topological polar surface area (TPSA) is 38.9 Å². The molecule has 0 bridgehead atoms. The van der Waals surface area contributed by atoms with Crippen molar-refractivity contribution in [2.75, 3.05) is 0 Å². The summed E-state index contributed by atoms with van der Waals surface area (Å²) in [5.74, 6) is 0. The maximum absolute atomic E-state index is 5.86. The second-order valence-corrected chi connectivity index (χ2v) is 5.98. The van der Waals surface area contributed by atoms with Crippen molar-refractivity contribution in [3.05, 3.63) is 52.2 Å². The van der Waals surface area contributed by atoms with Crippen LogP contribution in [-0.2, 0) is 6.54 Å². The third-order valence-corrected chi connectivity index (χ3v) is 4.36. The van der Waals surface area contributed by atoms with E-state index in [1.54, 1.807) is 11.8 Å². The van der Waals surface area contributed by atoms with Crippen LogP contribution in [0.4, 0.5) is 0 Å². The van der Waals surface area contributed by atoms with Gasteiger partial charge in [0.1, 0.15) is 5.03 Å². The van der Waals surface area contributed by atoms with Gasteiger partial charge in [-0.15, -0.1) is 0 Å². The maximum atomic E-state index is 5.86. The van der Waals surface area contributed by atoms with Crippen LogP contribution in [0, 0.1) is 27.7 Å². The Labute approximate surface area is 119 Å². The monoisotopic (exact) mass is 272 g/mol. The molecule has 1 aromatic heterocycles. The smallest absolute Gasteiger partial charge is 0.106 e. The number of aryl methyl sites for hydroxylation is 4. The number of aromatic nitrogens is 1. The minimum absolute atomic E-state index is 0.534. The Kier molecular flexibility index (Phi) is 4.27. The molecule has 2 rings (SSSR count). The van der Waals surface area contributed by atoms with E-state index in [9.17, 15) is 0 Å². The summed E-state index contributed by atoms with van der Waals surface area (Å²) in [6.45, 7) is 8.92. The third kappa shape index (κ3) is 3.17. The molecule has 1 heterocycles. The highest BCUT2D eigenvalue weighted by Crippen LogP contribution is 2.31. The van der Waals surface area contributed by atoms with Gasteiger partial charge in [0.25, 0.3) is 0 Å². The summed E-state index contributed by atoms with van der Waals surface area (Å²) in [5, 5.41) is 1.03. The zero-order valence-corrected chi connectivity index (χ0v) is 12.8. The molecule has 1 aromatic carbocycles. The normalized spacial score (nSPS) is 10.8. The first kappa shape index (κ1) is 14.1. The summed E-state index contributed by atoms with van der Waals surface area (Å²) in [6, 6.07) is 8.60. The molecular formula is C16H20N2S. The Morgan fingerprint density at radius 3 is 2.37 bits per heavy atom. The molecule has 0 fully saturated rings. The Morgan fingerprint density at radius 1 is 1.00 bits per heavy atom. The lowest BCUT2D eigenvalue weighted by molar-refractivity contribution is 0.922. The van der Waals surface area contributed by atoms with Gasteiger partial charge in [-0.25, -0.2) is 4.98 Å². The average Bonchev–Trinajstić information content (AvgIpc) is 2.33. The molecule has 0 aliphatic rings. The number of nitrogens with two attached hydrogens (primary N) is 1. The van der Waals surface area contributed by atoms with Crippen molar-refractivity contribution < 1.29 is 0 Å². The molecule has 100 valence electrons. The number of nitrogens with zero attached hydrogens (tertiary/aromatic N) is 1. The molecule has 0 spiro atoms. The van der Waals surface area contributed by atoms with Gasteiger partial charge in [-0.05, 0) is 62.6 Å². The van der Waals surface area contributed by atoms with Gasteiger partial charge in [-0.2, -0.15) is 0 Å². The molecular weight excluding hydrogens is 252 g/mol. The molecule has 0 unspecified atom stereocenters. The maximum Gasteiger partial charge on any atom is 0.106 e. The largest absolute Gasteiger partial charge is 0.326 e. The first-order chi connectivity index (χ1) is 9.01.